The largest absolute Gasteiger partial charge is 0.488 e. The van der Waals surface area contributed by atoms with Crippen LogP contribution in [0.3, 0.4) is 0 Å². The van der Waals surface area contributed by atoms with Crippen LogP contribution in [0.5, 0.6) is 5.75 Å². The van der Waals surface area contributed by atoms with E-state index in [9.17, 15) is 13.6 Å². The molecular formula is C20H24F2N2O2S. The first-order valence-corrected chi connectivity index (χ1v) is 10.1. The van der Waals surface area contributed by atoms with E-state index < -0.39 is 13.0 Å². The number of ether oxygens (including phenoxy) is 1. The highest BCUT2D eigenvalue weighted by molar-refractivity contribution is 7.10. The van der Waals surface area contributed by atoms with Gasteiger partial charge in [0.05, 0.1) is 6.04 Å². The second-order valence-corrected chi connectivity index (χ2v) is 7.69. The van der Waals surface area contributed by atoms with Gasteiger partial charge in [-0.15, -0.1) is 11.3 Å². The third-order valence-corrected chi connectivity index (χ3v) is 5.69. The minimum atomic E-state index is -2.51. The van der Waals surface area contributed by atoms with Gasteiger partial charge in [-0.3, -0.25) is 0 Å². The predicted molar refractivity (Wildman–Crippen MR) is 102 cm³/mol. The maximum atomic E-state index is 12.4. The van der Waals surface area contributed by atoms with Crippen LogP contribution in [-0.2, 0) is 6.54 Å². The van der Waals surface area contributed by atoms with Crippen molar-refractivity contribution in [3.05, 3.63) is 52.2 Å². The lowest BCUT2D eigenvalue weighted by atomic mass is 9.97. The summed E-state index contributed by atoms with van der Waals surface area (Å²) in [5.74, 6) is 0.845. The van der Waals surface area contributed by atoms with Crippen LogP contribution < -0.4 is 15.4 Å². The first-order valence-electron chi connectivity index (χ1n) is 9.19. The Kier molecular flexibility index (Phi) is 7.04. The molecule has 0 radical (unpaired) electrons. The zero-order valence-corrected chi connectivity index (χ0v) is 15.8. The molecular weight excluding hydrogens is 370 g/mol. The number of nitrogens with one attached hydrogen (secondary N) is 2. The molecule has 0 spiro atoms. The van der Waals surface area contributed by atoms with E-state index in [1.165, 1.54) is 17.7 Å². The maximum absolute atomic E-state index is 12.4. The van der Waals surface area contributed by atoms with Gasteiger partial charge in [0.2, 0.25) is 0 Å². The Bertz CT molecular complexity index is 719. The Morgan fingerprint density at radius 2 is 2.04 bits per heavy atom. The molecule has 1 aromatic carbocycles. The van der Waals surface area contributed by atoms with Gasteiger partial charge >= 0.3 is 6.03 Å². The summed E-state index contributed by atoms with van der Waals surface area (Å²) < 4.78 is 29.5. The van der Waals surface area contributed by atoms with E-state index in [0.717, 1.165) is 18.4 Å². The molecule has 146 valence electrons. The quantitative estimate of drug-likeness (QED) is 0.653. The van der Waals surface area contributed by atoms with Crippen molar-refractivity contribution in [3.8, 4) is 5.75 Å². The van der Waals surface area contributed by atoms with Crippen molar-refractivity contribution in [1.82, 2.24) is 10.6 Å². The number of carbonyl (C=O) groups is 1. The SMILES string of the molecule is O=C(NCc1cccc(OCC(F)F)c1)NC(c1cccs1)C1CCCC1. The van der Waals surface area contributed by atoms with Crippen molar-refractivity contribution in [2.45, 2.75) is 44.7 Å². The molecule has 1 fully saturated rings. The van der Waals surface area contributed by atoms with E-state index in [2.05, 4.69) is 16.7 Å². The maximum Gasteiger partial charge on any atom is 0.315 e. The summed E-state index contributed by atoms with van der Waals surface area (Å²) >= 11 is 1.66. The van der Waals surface area contributed by atoms with Gasteiger partial charge in [0, 0.05) is 11.4 Å². The normalized spacial score (nSPS) is 15.7. The molecule has 1 saturated carbocycles. The summed E-state index contributed by atoms with van der Waals surface area (Å²) in [4.78, 5) is 13.6. The third-order valence-electron chi connectivity index (χ3n) is 4.74. The summed E-state index contributed by atoms with van der Waals surface area (Å²) in [7, 11) is 0. The van der Waals surface area contributed by atoms with E-state index in [1.54, 1.807) is 29.5 Å². The zero-order chi connectivity index (χ0) is 19.1. The highest BCUT2D eigenvalue weighted by Crippen LogP contribution is 2.37. The number of hydrogen-bond donors (Lipinski definition) is 2. The van der Waals surface area contributed by atoms with Crippen LogP contribution in [0.25, 0.3) is 0 Å². The van der Waals surface area contributed by atoms with Crippen LogP contribution in [0.15, 0.2) is 41.8 Å². The summed E-state index contributed by atoms with van der Waals surface area (Å²) in [6, 6.07) is 10.7. The molecule has 1 atom stereocenters. The molecule has 2 N–H and O–H groups in total. The van der Waals surface area contributed by atoms with Crippen LogP contribution in [0.1, 0.15) is 42.2 Å². The van der Waals surface area contributed by atoms with Gasteiger partial charge in [-0.05, 0) is 47.9 Å². The van der Waals surface area contributed by atoms with Crippen LogP contribution in [0.4, 0.5) is 13.6 Å². The second-order valence-electron chi connectivity index (χ2n) is 6.71. The number of carbonyl (C=O) groups excluding carboxylic acids is 1. The molecule has 1 aliphatic rings. The summed E-state index contributed by atoms with van der Waals surface area (Å²) in [5, 5.41) is 8.00. The fourth-order valence-corrected chi connectivity index (χ4v) is 4.33. The lowest BCUT2D eigenvalue weighted by molar-refractivity contribution is 0.0818. The smallest absolute Gasteiger partial charge is 0.315 e. The number of rotatable bonds is 8. The minimum absolute atomic E-state index is 0.0354. The van der Waals surface area contributed by atoms with Crippen molar-refractivity contribution >= 4 is 17.4 Å². The van der Waals surface area contributed by atoms with Crippen LogP contribution in [-0.4, -0.2) is 19.1 Å². The van der Waals surface area contributed by atoms with Gasteiger partial charge in [0.25, 0.3) is 6.43 Å². The monoisotopic (exact) mass is 394 g/mol. The van der Waals surface area contributed by atoms with Gasteiger partial charge in [0.15, 0.2) is 0 Å². The molecule has 0 bridgehead atoms. The van der Waals surface area contributed by atoms with Crippen molar-refractivity contribution in [2.24, 2.45) is 5.92 Å². The first-order chi connectivity index (χ1) is 13.1. The minimum Gasteiger partial charge on any atom is -0.488 e. The van der Waals surface area contributed by atoms with Gasteiger partial charge in [0.1, 0.15) is 12.4 Å². The van der Waals surface area contributed by atoms with Crippen molar-refractivity contribution in [2.75, 3.05) is 6.61 Å². The molecule has 1 aliphatic carbocycles. The van der Waals surface area contributed by atoms with Crippen molar-refractivity contribution < 1.29 is 18.3 Å². The third kappa shape index (κ3) is 5.92. The number of benzene rings is 1. The number of hydrogen-bond acceptors (Lipinski definition) is 3. The van der Waals surface area contributed by atoms with Crippen molar-refractivity contribution in [1.29, 1.82) is 0 Å². The number of urea groups is 1. The summed E-state index contributed by atoms with van der Waals surface area (Å²) in [6.45, 7) is -0.333. The summed E-state index contributed by atoms with van der Waals surface area (Å²) in [6.07, 6.45) is 2.17. The van der Waals surface area contributed by atoms with E-state index in [0.29, 0.717) is 18.2 Å². The highest BCUT2D eigenvalue weighted by Gasteiger charge is 2.28. The fraction of sp³-hybridized carbons (Fsp3) is 0.450. The van der Waals surface area contributed by atoms with E-state index in [1.807, 2.05) is 17.5 Å². The summed E-state index contributed by atoms with van der Waals surface area (Å²) in [5.41, 5.74) is 0.797. The fourth-order valence-electron chi connectivity index (χ4n) is 3.46. The molecule has 4 nitrogen and oxygen atoms in total. The Morgan fingerprint density at radius 3 is 2.74 bits per heavy atom. The molecule has 27 heavy (non-hydrogen) atoms. The van der Waals surface area contributed by atoms with Gasteiger partial charge in [-0.25, -0.2) is 13.6 Å². The number of halogens is 2. The molecule has 1 aromatic heterocycles. The topological polar surface area (TPSA) is 50.4 Å². The Hall–Kier alpha value is -2.15. The van der Waals surface area contributed by atoms with Crippen LogP contribution in [0, 0.1) is 5.92 Å². The molecule has 3 rings (SSSR count). The van der Waals surface area contributed by atoms with Gasteiger partial charge < -0.3 is 15.4 Å². The standard InChI is InChI=1S/C20H24F2N2O2S/c21-18(22)13-26-16-8-3-5-14(11-16)12-23-20(25)24-19(15-6-1-2-7-15)17-9-4-10-27-17/h3-5,8-11,15,18-19H,1-2,6-7,12-13H2,(H2,23,24,25). The number of amides is 2. The van der Waals surface area contributed by atoms with Crippen LogP contribution in [0.2, 0.25) is 0 Å². The van der Waals surface area contributed by atoms with E-state index in [4.69, 9.17) is 4.74 Å². The lowest BCUT2D eigenvalue weighted by Crippen LogP contribution is -2.39. The molecule has 1 unspecified atom stereocenters. The van der Waals surface area contributed by atoms with Crippen LogP contribution >= 0.6 is 11.3 Å². The van der Waals surface area contributed by atoms with Gasteiger partial charge in [-0.2, -0.15) is 0 Å². The highest BCUT2D eigenvalue weighted by atomic mass is 32.1. The van der Waals surface area contributed by atoms with Crippen molar-refractivity contribution in [3.63, 3.8) is 0 Å². The Morgan fingerprint density at radius 1 is 1.22 bits per heavy atom. The second kappa shape index (κ2) is 9.69. The predicted octanol–water partition coefficient (Wildman–Crippen LogP) is 5.12. The Balaban J connectivity index is 1.54. The molecule has 1 heterocycles. The Labute approximate surface area is 161 Å². The average Bonchev–Trinajstić information content (AvgIpc) is 3.37. The molecule has 7 heteroatoms. The average molecular weight is 394 g/mol. The molecule has 0 saturated heterocycles. The number of alkyl halides is 2. The lowest BCUT2D eigenvalue weighted by Gasteiger charge is -2.24. The molecule has 0 aliphatic heterocycles. The van der Waals surface area contributed by atoms with E-state index in [-0.39, 0.29) is 12.1 Å². The van der Waals surface area contributed by atoms with Gasteiger partial charge in [-0.1, -0.05) is 31.0 Å². The molecule has 2 aromatic rings. The molecule has 2 amide bonds. The van der Waals surface area contributed by atoms with E-state index >= 15 is 0 Å². The first kappa shape index (κ1) is 19.6. The zero-order valence-electron chi connectivity index (χ0n) is 15.0. The number of thiophene rings is 1.